The molecule has 0 atom stereocenters. The van der Waals surface area contributed by atoms with Gasteiger partial charge in [-0.25, -0.2) is 0 Å². The number of amides is 1. The number of rotatable bonds is 2. The van der Waals surface area contributed by atoms with Crippen molar-refractivity contribution in [2.75, 3.05) is 13.1 Å². The number of likely N-dealkylation sites (tertiary alicyclic amines) is 1. The van der Waals surface area contributed by atoms with Gasteiger partial charge in [-0.2, -0.15) is 0 Å². The van der Waals surface area contributed by atoms with E-state index in [2.05, 4.69) is 29.0 Å². The fourth-order valence-electron chi connectivity index (χ4n) is 3.78. The highest BCUT2D eigenvalue weighted by atomic mass is 16.2. The Bertz CT molecular complexity index is 931. The standard InChI is InChI=1S/C19H23N5O/c1-12-13(2)21-17-5-4-15(10-16(12)17)19(25)24-8-6-14(7-9-24)18-22-20-11-23(18)3/h4-5,10-11,14,21H,6-9H2,1-3H3. The number of aryl methyl sites for hydroxylation is 3. The molecule has 25 heavy (non-hydrogen) atoms. The lowest BCUT2D eigenvalue weighted by Gasteiger charge is -2.31. The van der Waals surface area contributed by atoms with Crippen molar-refractivity contribution in [3.8, 4) is 0 Å². The van der Waals surface area contributed by atoms with Gasteiger partial charge in [-0.15, -0.1) is 10.2 Å². The molecule has 1 aromatic carbocycles. The van der Waals surface area contributed by atoms with E-state index in [0.717, 1.165) is 53.9 Å². The molecule has 1 fully saturated rings. The second-order valence-corrected chi connectivity index (χ2v) is 7.00. The van der Waals surface area contributed by atoms with Gasteiger partial charge in [-0.3, -0.25) is 4.79 Å². The molecule has 1 amide bonds. The molecule has 6 nitrogen and oxygen atoms in total. The van der Waals surface area contributed by atoms with Gasteiger partial charge >= 0.3 is 0 Å². The van der Waals surface area contributed by atoms with Gasteiger partial charge < -0.3 is 14.5 Å². The zero-order chi connectivity index (χ0) is 17.6. The zero-order valence-electron chi connectivity index (χ0n) is 14.9. The van der Waals surface area contributed by atoms with Crippen LogP contribution in [0.25, 0.3) is 10.9 Å². The summed E-state index contributed by atoms with van der Waals surface area (Å²) in [6.07, 6.45) is 3.61. The van der Waals surface area contributed by atoms with Crippen molar-refractivity contribution < 1.29 is 4.79 Å². The van der Waals surface area contributed by atoms with Crippen molar-refractivity contribution in [1.82, 2.24) is 24.6 Å². The predicted octanol–water partition coefficient (Wildman–Crippen LogP) is 2.93. The Morgan fingerprint density at radius 1 is 1.24 bits per heavy atom. The van der Waals surface area contributed by atoms with Crippen LogP contribution in [-0.4, -0.2) is 43.6 Å². The molecule has 1 N–H and O–H groups in total. The maximum atomic E-state index is 12.9. The molecule has 0 spiro atoms. The van der Waals surface area contributed by atoms with Crippen molar-refractivity contribution >= 4 is 16.8 Å². The molecule has 0 radical (unpaired) electrons. The number of H-pyrrole nitrogens is 1. The Labute approximate surface area is 146 Å². The number of carbonyl (C=O) groups excluding carboxylic acids is 1. The number of fused-ring (bicyclic) bond motifs is 1. The van der Waals surface area contributed by atoms with Gasteiger partial charge in [-0.1, -0.05) is 0 Å². The Morgan fingerprint density at radius 2 is 2.00 bits per heavy atom. The van der Waals surface area contributed by atoms with E-state index in [9.17, 15) is 4.79 Å². The van der Waals surface area contributed by atoms with Gasteiger partial charge in [0.15, 0.2) is 0 Å². The first-order valence-corrected chi connectivity index (χ1v) is 8.76. The summed E-state index contributed by atoms with van der Waals surface area (Å²) in [5.74, 6) is 1.53. The minimum atomic E-state index is 0.122. The number of aromatic nitrogens is 4. The molecule has 3 aromatic rings. The van der Waals surface area contributed by atoms with E-state index in [4.69, 9.17) is 0 Å². The summed E-state index contributed by atoms with van der Waals surface area (Å²) in [6, 6.07) is 5.95. The third-order valence-electron chi connectivity index (χ3n) is 5.45. The van der Waals surface area contributed by atoms with E-state index in [1.54, 1.807) is 6.33 Å². The summed E-state index contributed by atoms with van der Waals surface area (Å²) >= 11 is 0. The molecule has 0 unspecified atom stereocenters. The number of carbonyl (C=O) groups is 1. The van der Waals surface area contributed by atoms with E-state index in [-0.39, 0.29) is 5.91 Å². The highest BCUT2D eigenvalue weighted by Crippen LogP contribution is 2.28. The van der Waals surface area contributed by atoms with Crippen LogP contribution in [-0.2, 0) is 7.05 Å². The molecule has 1 saturated heterocycles. The van der Waals surface area contributed by atoms with Crippen LogP contribution in [0, 0.1) is 13.8 Å². The summed E-state index contributed by atoms with van der Waals surface area (Å²) in [6.45, 7) is 5.68. The molecule has 1 aliphatic heterocycles. The molecule has 6 heteroatoms. The maximum absolute atomic E-state index is 12.9. The van der Waals surface area contributed by atoms with Gasteiger partial charge in [-0.05, 0) is 50.5 Å². The summed E-state index contributed by atoms with van der Waals surface area (Å²) in [5, 5.41) is 9.32. The van der Waals surface area contributed by atoms with E-state index in [1.807, 2.05) is 34.7 Å². The van der Waals surface area contributed by atoms with Crippen molar-refractivity contribution in [2.45, 2.75) is 32.6 Å². The molecule has 3 heterocycles. The summed E-state index contributed by atoms with van der Waals surface area (Å²) < 4.78 is 1.98. The molecular formula is C19H23N5O. The fourth-order valence-corrected chi connectivity index (χ4v) is 3.78. The van der Waals surface area contributed by atoms with Crippen molar-refractivity contribution in [3.05, 3.63) is 47.2 Å². The summed E-state index contributed by atoms with van der Waals surface area (Å²) in [4.78, 5) is 18.2. The first kappa shape index (κ1) is 15.9. The first-order chi connectivity index (χ1) is 12.0. The minimum absolute atomic E-state index is 0.122. The van der Waals surface area contributed by atoms with Crippen LogP contribution in [0.5, 0.6) is 0 Å². The lowest BCUT2D eigenvalue weighted by Crippen LogP contribution is -2.38. The van der Waals surface area contributed by atoms with Crippen LogP contribution in [0.4, 0.5) is 0 Å². The second-order valence-electron chi connectivity index (χ2n) is 7.00. The highest BCUT2D eigenvalue weighted by molar-refractivity contribution is 5.99. The van der Waals surface area contributed by atoms with Gasteiger partial charge in [0.25, 0.3) is 5.91 Å². The van der Waals surface area contributed by atoms with Crippen LogP contribution in [0.1, 0.15) is 46.2 Å². The number of hydrogen-bond donors (Lipinski definition) is 1. The van der Waals surface area contributed by atoms with Crippen LogP contribution >= 0.6 is 0 Å². The fraction of sp³-hybridized carbons (Fsp3) is 0.421. The van der Waals surface area contributed by atoms with Gasteiger partial charge in [0, 0.05) is 48.2 Å². The van der Waals surface area contributed by atoms with E-state index in [0.29, 0.717) is 5.92 Å². The Balaban J connectivity index is 1.50. The maximum Gasteiger partial charge on any atom is 0.253 e. The normalized spacial score (nSPS) is 15.9. The smallest absolute Gasteiger partial charge is 0.253 e. The average molecular weight is 337 g/mol. The summed E-state index contributed by atoms with van der Waals surface area (Å²) in [5.41, 5.74) is 4.23. The first-order valence-electron chi connectivity index (χ1n) is 8.76. The quantitative estimate of drug-likeness (QED) is 0.782. The molecule has 0 saturated carbocycles. The van der Waals surface area contributed by atoms with Crippen molar-refractivity contribution in [2.24, 2.45) is 7.05 Å². The summed E-state index contributed by atoms with van der Waals surface area (Å²) in [7, 11) is 1.98. The number of benzene rings is 1. The number of hydrogen-bond acceptors (Lipinski definition) is 3. The lowest BCUT2D eigenvalue weighted by atomic mass is 9.95. The van der Waals surface area contributed by atoms with Crippen molar-refractivity contribution in [1.29, 1.82) is 0 Å². The molecular weight excluding hydrogens is 314 g/mol. The Morgan fingerprint density at radius 3 is 2.68 bits per heavy atom. The molecule has 4 rings (SSSR count). The van der Waals surface area contributed by atoms with Gasteiger partial charge in [0.2, 0.25) is 0 Å². The monoisotopic (exact) mass is 337 g/mol. The van der Waals surface area contributed by atoms with E-state index < -0.39 is 0 Å². The number of aromatic amines is 1. The Hall–Kier alpha value is -2.63. The van der Waals surface area contributed by atoms with Crippen LogP contribution in [0.2, 0.25) is 0 Å². The Kier molecular flexibility index (Phi) is 3.82. The topological polar surface area (TPSA) is 66.8 Å². The minimum Gasteiger partial charge on any atom is -0.358 e. The molecule has 130 valence electrons. The number of nitrogens with zero attached hydrogens (tertiary/aromatic N) is 4. The third-order valence-corrected chi connectivity index (χ3v) is 5.45. The highest BCUT2D eigenvalue weighted by Gasteiger charge is 2.27. The average Bonchev–Trinajstić information content (AvgIpc) is 3.18. The number of nitrogens with one attached hydrogen (secondary N) is 1. The SMILES string of the molecule is Cc1[nH]c2ccc(C(=O)N3CCC(c4nncn4C)CC3)cc2c1C. The zero-order valence-corrected chi connectivity index (χ0v) is 14.9. The molecule has 0 aliphatic carbocycles. The molecule has 2 aromatic heterocycles. The van der Waals surface area contributed by atoms with Crippen LogP contribution in [0.15, 0.2) is 24.5 Å². The largest absolute Gasteiger partial charge is 0.358 e. The number of piperidine rings is 1. The predicted molar refractivity (Wildman–Crippen MR) is 96.7 cm³/mol. The van der Waals surface area contributed by atoms with E-state index in [1.165, 1.54) is 5.56 Å². The molecule has 0 bridgehead atoms. The van der Waals surface area contributed by atoms with Crippen molar-refractivity contribution in [3.63, 3.8) is 0 Å². The van der Waals surface area contributed by atoms with Gasteiger partial charge in [0.05, 0.1) is 0 Å². The van der Waals surface area contributed by atoms with Gasteiger partial charge in [0.1, 0.15) is 12.2 Å². The second kappa shape index (κ2) is 6.02. The van der Waals surface area contributed by atoms with Crippen LogP contribution < -0.4 is 0 Å². The van der Waals surface area contributed by atoms with E-state index >= 15 is 0 Å². The molecule has 1 aliphatic rings. The third kappa shape index (κ3) is 2.71. The van der Waals surface area contributed by atoms with Crippen LogP contribution in [0.3, 0.4) is 0 Å². The lowest BCUT2D eigenvalue weighted by molar-refractivity contribution is 0.0710.